The van der Waals surface area contributed by atoms with E-state index in [9.17, 15) is 13.2 Å². The molecule has 3 heterocycles. The Bertz CT molecular complexity index is 1020. The third kappa shape index (κ3) is 2.50. The average Bonchev–Trinajstić information content (AvgIpc) is 3.23. The van der Waals surface area contributed by atoms with E-state index < -0.39 is 11.7 Å². The number of fused-ring (bicyclic) bond motifs is 1. The fraction of sp³-hybridized carbons (Fsp3) is 0.0714. The zero-order chi connectivity index (χ0) is 16.7. The second kappa shape index (κ2) is 5.34. The summed E-state index contributed by atoms with van der Waals surface area (Å²) in [4.78, 5) is 10.2. The molecule has 3 aromatic heterocycles. The molecular formula is C14H7F3N6S. The molecule has 0 aliphatic rings. The van der Waals surface area contributed by atoms with E-state index >= 15 is 0 Å². The molecule has 0 aliphatic heterocycles. The number of halogens is 3. The third-order valence-electron chi connectivity index (χ3n) is 3.29. The Morgan fingerprint density at radius 3 is 2.79 bits per heavy atom. The molecule has 0 radical (unpaired) electrons. The fourth-order valence-corrected chi connectivity index (χ4v) is 2.92. The molecule has 0 saturated carbocycles. The van der Waals surface area contributed by atoms with Crippen LogP contribution in [0.25, 0.3) is 27.4 Å². The van der Waals surface area contributed by atoms with E-state index in [1.54, 1.807) is 0 Å². The smallest absolute Gasteiger partial charge is 0.225 e. The van der Waals surface area contributed by atoms with Crippen LogP contribution in [-0.2, 0) is 6.18 Å². The Balaban J connectivity index is 1.77. The fourth-order valence-electron chi connectivity index (χ4n) is 2.19. The van der Waals surface area contributed by atoms with Crippen LogP contribution in [0.5, 0.6) is 0 Å². The van der Waals surface area contributed by atoms with Crippen molar-refractivity contribution in [1.82, 2.24) is 30.2 Å². The highest BCUT2D eigenvalue weighted by Crippen LogP contribution is 2.31. The minimum atomic E-state index is -4.43. The summed E-state index contributed by atoms with van der Waals surface area (Å²) in [5, 5.41) is 14.5. The number of thiophene rings is 1. The number of nitrogens with zero attached hydrogens (tertiary/aromatic N) is 6. The quantitative estimate of drug-likeness (QED) is 0.556. The van der Waals surface area contributed by atoms with Gasteiger partial charge in [0.05, 0.1) is 10.9 Å². The number of benzene rings is 1. The minimum Gasteiger partial charge on any atom is -0.225 e. The highest BCUT2D eigenvalue weighted by molar-refractivity contribution is 7.16. The molecule has 4 rings (SSSR count). The lowest BCUT2D eigenvalue weighted by molar-refractivity contribution is -0.137. The molecule has 10 heteroatoms. The highest BCUT2D eigenvalue weighted by Gasteiger charge is 2.30. The van der Waals surface area contributed by atoms with Crippen LogP contribution < -0.4 is 0 Å². The van der Waals surface area contributed by atoms with Gasteiger partial charge in [-0.15, -0.1) is 26.3 Å². The minimum absolute atomic E-state index is 0.0862. The Kier molecular flexibility index (Phi) is 3.27. The summed E-state index contributed by atoms with van der Waals surface area (Å²) in [7, 11) is 0. The molecule has 6 nitrogen and oxygen atoms in total. The van der Waals surface area contributed by atoms with Gasteiger partial charge in [0, 0.05) is 5.56 Å². The Labute approximate surface area is 136 Å². The first-order valence-corrected chi connectivity index (χ1v) is 7.56. The zero-order valence-electron chi connectivity index (χ0n) is 11.8. The van der Waals surface area contributed by atoms with Crippen molar-refractivity contribution in [3.05, 3.63) is 47.6 Å². The molecule has 120 valence electrons. The maximum Gasteiger partial charge on any atom is 0.416 e. The van der Waals surface area contributed by atoms with E-state index in [0.717, 1.165) is 22.3 Å². The van der Waals surface area contributed by atoms with E-state index in [0.29, 0.717) is 5.82 Å². The van der Waals surface area contributed by atoms with Gasteiger partial charge in [-0.1, -0.05) is 12.1 Å². The molecule has 0 N–H and O–H groups in total. The van der Waals surface area contributed by atoms with Gasteiger partial charge in [-0.05, 0) is 28.8 Å². The maximum absolute atomic E-state index is 12.8. The maximum atomic E-state index is 12.8. The van der Waals surface area contributed by atoms with Gasteiger partial charge >= 0.3 is 6.18 Å². The molecule has 0 bridgehead atoms. The van der Waals surface area contributed by atoms with E-state index in [4.69, 9.17) is 0 Å². The molecule has 0 aliphatic carbocycles. The summed E-state index contributed by atoms with van der Waals surface area (Å²) in [6.07, 6.45) is -3.05. The van der Waals surface area contributed by atoms with Gasteiger partial charge in [0.1, 0.15) is 11.2 Å². The van der Waals surface area contributed by atoms with Gasteiger partial charge < -0.3 is 0 Å². The summed E-state index contributed by atoms with van der Waals surface area (Å²) in [5.41, 5.74) is -0.537. The molecular weight excluding hydrogens is 341 g/mol. The summed E-state index contributed by atoms with van der Waals surface area (Å²) in [5.74, 6) is 0.509. The molecule has 0 unspecified atom stereocenters. The van der Waals surface area contributed by atoms with Crippen molar-refractivity contribution in [3.63, 3.8) is 0 Å². The molecule has 0 atom stereocenters. The van der Waals surface area contributed by atoms with Gasteiger partial charge in [-0.2, -0.15) is 13.2 Å². The third-order valence-corrected chi connectivity index (χ3v) is 4.11. The van der Waals surface area contributed by atoms with Crippen molar-refractivity contribution in [1.29, 1.82) is 0 Å². The summed E-state index contributed by atoms with van der Waals surface area (Å²) >= 11 is 1.44. The predicted molar refractivity (Wildman–Crippen MR) is 80.6 cm³/mol. The van der Waals surface area contributed by atoms with Crippen LogP contribution in [0, 0.1) is 0 Å². The first-order valence-electron chi connectivity index (χ1n) is 6.68. The van der Waals surface area contributed by atoms with Crippen molar-refractivity contribution in [3.8, 4) is 17.2 Å². The molecule has 0 amide bonds. The lowest BCUT2D eigenvalue weighted by Crippen LogP contribution is -2.05. The van der Waals surface area contributed by atoms with Crippen LogP contribution >= 0.6 is 11.3 Å². The molecule has 1 aromatic carbocycles. The van der Waals surface area contributed by atoms with Crippen molar-refractivity contribution in [2.24, 2.45) is 0 Å². The van der Waals surface area contributed by atoms with E-state index in [2.05, 4.69) is 25.4 Å². The molecule has 0 saturated heterocycles. The van der Waals surface area contributed by atoms with E-state index in [-0.39, 0.29) is 11.4 Å². The number of rotatable bonds is 2. The molecule has 0 fully saturated rings. The summed E-state index contributed by atoms with van der Waals surface area (Å²) < 4.78 is 38.4. The van der Waals surface area contributed by atoms with Crippen molar-refractivity contribution < 1.29 is 13.2 Å². The average molecular weight is 348 g/mol. The first kappa shape index (κ1) is 14.7. The molecule has 24 heavy (non-hydrogen) atoms. The van der Waals surface area contributed by atoms with Crippen molar-refractivity contribution >= 4 is 21.6 Å². The first-order chi connectivity index (χ1) is 11.5. The van der Waals surface area contributed by atoms with Crippen LogP contribution in [0.15, 0.2) is 42.0 Å². The number of hydrogen-bond acceptors (Lipinski definition) is 6. The lowest BCUT2D eigenvalue weighted by Gasteiger charge is -2.06. The highest BCUT2D eigenvalue weighted by atomic mass is 32.1. The van der Waals surface area contributed by atoms with Crippen LogP contribution in [0.2, 0.25) is 0 Å². The van der Waals surface area contributed by atoms with Gasteiger partial charge in [0.15, 0.2) is 5.82 Å². The second-order valence-electron chi connectivity index (χ2n) is 4.82. The largest absolute Gasteiger partial charge is 0.416 e. The van der Waals surface area contributed by atoms with Gasteiger partial charge in [-0.3, -0.25) is 0 Å². The SMILES string of the molecule is FC(F)(F)c1cccc(-c2nnn(-c3ncnc4sccc34)n2)c1. The molecule has 0 spiro atoms. The Morgan fingerprint density at radius 1 is 1.08 bits per heavy atom. The monoisotopic (exact) mass is 348 g/mol. The van der Waals surface area contributed by atoms with Crippen LogP contribution in [0.4, 0.5) is 13.2 Å². The number of tetrazole rings is 1. The Morgan fingerprint density at radius 2 is 1.96 bits per heavy atom. The van der Waals surface area contributed by atoms with Crippen molar-refractivity contribution in [2.45, 2.75) is 6.18 Å². The van der Waals surface area contributed by atoms with Crippen LogP contribution in [-0.4, -0.2) is 30.2 Å². The lowest BCUT2D eigenvalue weighted by atomic mass is 10.1. The van der Waals surface area contributed by atoms with Crippen LogP contribution in [0.1, 0.15) is 5.56 Å². The molecule has 4 aromatic rings. The summed E-state index contributed by atoms with van der Waals surface area (Å²) in [6, 6.07) is 6.61. The normalized spacial score (nSPS) is 12.0. The van der Waals surface area contributed by atoms with E-state index in [1.807, 2.05) is 11.4 Å². The van der Waals surface area contributed by atoms with Gasteiger partial charge in [0.25, 0.3) is 0 Å². The number of alkyl halides is 3. The number of aromatic nitrogens is 6. The predicted octanol–water partition coefficient (Wildman–Crippen LogP) is 3.35. The second-order valence-corrected chi connectivity index (χ2v) is 5.71. The number of hydrogen-bond donors (Lipinski definition) is 0. The summed E-state index contributed by atoms with van der Waals surface area (Å²) in [6.45, 7) is 0. The van der Waals surface area contributed by atoms with E-state index in [1.165, 1.54) is 34.6 Å². The van der Waals surface area contributed by atoms with Gasteiger partial charge in [0.2, 0.25) is 5.82 Å². The standard InChI is InChI=1S/C14H7F3N6S/c15-14(16,17)9-3-1-2-8(6-9)11-20-22-23(21-11)12-10-4-5-24-13(10)19-7-18-12/h1-7H. The van der Waals surface area contributed by atoms with Gasteiger partial charge in [-0.25, -0.2) is 9.97 Å². The topological polar surface area (TPSA) is 69.4 Å². The van der Waals surface area contributed by atoms with Crippen LogP contribution in [0.3, 0.4) is 0 Å². The zero-order valence-corrected chi connectivity index (χ0v) is 12.6. The van der Waals surface area contributed by atoms with Crippen molar-refractivity contribution in [2.75, 3.05) is 0 Å². The Hall–Kier alpha value is -2.88.